The van der Waals surface area contributed by atoms with Gasteiger partial charge in [-0.3, -0.25) is 0 Å². The molecule has 0 saturated carbocycles. The molecule has 1 saturated heterocycles. The maximum Gasteiger partial charge on any atom is 0.189 e. The predicted molar refractivity (Wildman–Crippen MR) is 72.2 cm³/mol. The van der Waals surface area contributed by atoms with Crippen LogP contribution in [0.2, 0.25) is 0 Å². The smallest absolute Gasteiger partial charge is 0.189 e. The monoisotopic (exact) mass is 252 g/mol. The topological polar surface area (TPSA) is 55.0 Å². The van der Waals surface area contributed by atoms with Crippen molar-refractivity contribution >= 4 is 17.6 Å². The lowest BCUT2D eigenvalue weighted by Gasteiger charge is -2.25. The average molecular weight is 252 g/mol. The summed E-state index contributed by atoms with van der Waals surface area (Å²) in [6.45, 7) is 5.57. The van der Waals surface area contributed by atoms with Crippen LogP contribution in [0.1, 0.15) is 25.0 Å². The summed E-state index contributed by atoms with van der Waals surface area (Å²) >= 11 is 1.70. The van der Waals surface area contributed by atoms with E-state index in [1.807, 2.05) is 6.92 Å². The molecule has 17 heavy (non-hydrogen) atoms. The highest BCUT2D eigenvalue weighted by atomic mass is 32.2. The number of likely N-dealkylation sites (tertiary alicyclic amines) is 1. The molecule has 1 aliphatic rings. The Morgan fingerprint density at radius 3 is 2.76 bits per heavy atom. The molecule has 0 bridgehead atoms. The Labute approximate surface area is 107 Å². The van der Waals surface area contributed by atoms with Gasteiger partial charge in [0.05, 0.1) is 0 Å². The lowest BCUT2D eigenvalue weighted by molar-refractivity contribution is 0.242. The maximum atomic E-state index is 5.70. The number of aromatic nitrogens is 2. The van der Waals surface area contributed by atoms with Crippen LogP contribution in [0.4, 0.5) is 5.82 Å². The Hall–Kier alpha value is -0.810. The van der Waals surface area contributed by atoms with Gasteiger partial charge in [-0.2, -0.15) is 0 Å². The number of hydrogen-bond donors (Lipinski definition) is 1. The van der Waals surface area contributed by atoms with Gasteiger partial charge in [-0.1, -0.05) is 18.2 Å². The summed E-state index contributed by atoms with van der Waals surface area (Å²) in [7, 11) is 0. The van der Waals surface area contributed by atoms with Crippen LogP contribution in [-0.4, -0.2) is 40.3 Å². The Balaban J connectivity index is 1.77. The minimum absolute atomic E-state index is 0.568. The van der Waals surface area contributed by atoms with Crippen molar-refractivity contribution < 1.29 is 0 Å². The van der Waals surface area contributed by atoms with Gasteiger partial charge in [-0.05, 0) is 32.9 Å². The molecule has 0 unspecified atom stereocenters. The van der Waals surface area contributed by atoms with Gasteiger partial charge in [0.1, 0.15) is 5.82 Å². The first-order valence-electron chi connectivity index (χ1n) is 6.20. The highest BCUT2D eigenvalue weighted by Gasteiger charge is 2.10. The van der Waals surface area contributed by atoms with E-state index in [2.05, 4.69) is 14.9 Å². The number of thioether (sulfide) groups is 1. The summed E-state index contributed by atoms with van der Waals surface area (Å²) in [6, 6.07) is 1.80. The lowest BCUT2D eigenvalue weighted by atomic mass is 10.1. The normalized spacial score (nSPS) is 17.2. The number of aryl methyl sites for hydroxylation is 1. The fourth-order valence-corrected chi connectivity index (χ4v) is 2.99. The van der Waals surface area contributed by atoms with Crippen LogP contribution in [0, 0.1) is 6.92 Å². The molecular weight excluding hydrogens is 232 g/mol. The third kappa shape index (κ3) is 4.16. The second-order valence-corrected chi connectivity index (χ2v) is 5.53. The number of hydrogen-bond acceptors (Lipinski definition) is 5. The van der Waals surface area contributed by atoms with E-state index in [-0.39, 0.29) is 0 Å². The van der Waals surface area contributed by atoms with Crippen molar-refractivity contribution in [2.45, 2.75) is 31.3 Å². The van der Waals surface area contributed by atoms with Gasteiger partial charge in [0.2, 0.25) is 0 Å². The molecule has 1 aliphatic heterocycles. The molecule has 0 amide bonds. The third-order valence-electron chi connectivity index (χ3n) is 2.94. The summed E-state index contributed by atoms with van der Waals surface area (Å²) in [5.74, 6) is 1.61. The molecule has 5 heteroatoms. The van der Waals surface area contributed by atoms with E-state index in [0.717, 1.165) is 23.1 Å². The highest BCUT2D eigenvalue weighted by molar-refractivity contribution is 7.99. The Morgan fingerprint density at radius 1 is 1.29 bits per heavy atom. The maximum absolute atomic E-state index is 5.70. The van der Waals surface area contributed by atoms with Crippen molar-refractivity contribution in [2.24, 2.45) is 0 Å². The van der Waals surface area contributed by atoms with E-state index in [9.17, 15) is 0 Å². The van der Waals surface area contributed by atoms with Gasteiger partial charge in [-0.15, -0.1) is 0 Å². The van der Waals surface area contributed by atoms with E-state index in [0.29, 0.717) is 5.82 Å². The summed E-state index contributed by atoms with van der Waals surface area (Å²) in [5, 5.41) is 0.805. The molecule has 4 nitrogen and oxygen atoms in total. The predicted octanol–water partition coefficient (Wildman–Crippen LogP) is 1.95. The zero-order chi connectivity index (χ0) is 12.1. The van der Waals surface area contributed by atoms with Crippen LogP contribution < -0.4 is 5.73 Å². The Kier molecular flexibility index (Phi) is 4.62. The zero-order valence-electron chi connectivity index (χ0n) is 10.4. The number of nitrogens with two attached hydrogens (primary N) is 1. The Morgan fingerprint density at radius 2 is 2.06 bits per heavy atom. The van der Waals surface area contributed by atoms with E-state index < -0.39 is 0 Å². The molecule has 0 aliphatic carbocycles. The van der Waals surface area contributed by atoms with Crippen LogP contribution in [-0.2, 0) is 0 Å². The molecule has 0 radical (unpaired) electrons. The second-order valence-electron chi connectivity index (χ2n) is 4.47. The van der Waals surface area contributed by atoms with E-state index >= 15 is 0 Å². The number of nitrogen functional groups attached to an aromatic ring is 1. The van der Waals surface area contributed by atoms with Gasteiger partial charge in [-0.25, -0.2) is 9.97 Å². The fourth-order valence-electron chi connectivity index (χ4n) is 2.08. The van der Waals surface area contributed by atoms with Crippen LogP contribution in [0.25, 0.3) is 0 Å². The van der Waals surface area contributed by atoms with Crippen molar-refractivity contribution in [3.05, 3.63) is 11.8 Å². The molecule has 2 heterocycles. The Bertz CT molecular complexity index is 343. The molecule has 0 spiro atoms. The van der Waals surface area contributed by atoms with Crippen molar-refractivity contribution in [1.29, 1.82) is 0 Å². The van der Waals surface area contributed by atoms with Gasteiger partial charge in [0, 0.05) is 24.1 Å². The first-order valence-corrected chi connectivity index (χ1v) is 7.19. The number of piperidine rings is 1. The minimum atomic E-state index is 0.568. The standard InChI is InChI=1S/C12H20N4S/c1-10-9-11(13)15-12(14-10)17-8-7-16-5-3-2-4-6-16/h9H,2-8H2,1H3,(H2,13,14,15). The number of rotatable bonds is 4. The third-order valence-corrected chi connectivity index (χ3v) is 3.77. The molecular formula is C12H20N4S. The summed E-state index contributed by atoms with van der Waals surface area (Å²) in [5.41, 5.74) is 6.64. The van der Waals surface area contributed by atoms with E-state index in [1.54, 1.807) is 17.8 Å². The van der Waals surface area contributed by atoms with Gasteiger partial charge in [0.25, 0.3) is 0 Å². The van der Waals surface area contributed by atoms with Gasteiger partial charge >= 0.3 is 0 Å². The van der Waals surface area contributed by atoms with Crippen molar-refractivity contribution in [1.82, 2.24) is 14.9 Å². The van der Waals surface area contributed by atoms with Crippen LogP contribution >= 0.6 is 11.8 Å². The molecule has 0 atom stereocenters. The average Bonchev–Trinajstić information content (AvgIpc) is 2.29. The van der Waals surface area contributed by atoms with Crippen molar-refractivity contribution in [3.63, 3.8) is 0 Å². The van der Waals surface area contributed by atoms with Crippen LogP contribution in [0.15, 0.2) is 11.2 Å². The fraction of sp³-hybridized carbons (Fsp3) is 0.667. The first-order chi connectivity index (χ1) is 8.24. The number of anilines is 1. The SMILES string of the molecule is Cc1cc(N)nc(SCCN2CCCCC2)n1. The van der Waals surface area contributed by atoms with Crippen molar-refractivity contribution in [2.75, 3.05) is 31.1 Å². The minimum Gasteiger partial charge on any atom is -0.384 e. The summed E-state index contributed by atoms with van der Waals surface area (Å²) < 4.78 is 0. The molecule has 1 fully saturated rings. The lowest BCUT2D eigenvalue weighted by Crippen LogP contribution is -2.31. The molecule has 1 aromatic rings. The van der Waals surface area contributed by atoms with Crippen LogP contribution in [0.5, 0.6) is 0 Å². The quantitative estimate of drug-likeness (QED) is 0.655. The molecule has 1 aromatic heterocycles. The van der Waals surface area contributed by atoms with Crippen molar-refractivity contribution in [3.8, 4) is 0 Å². The summed E-state index contributed by atoms with van der Waals surface area (Å²) in [4.78, 5) is 11.1. The molecule has 2 rings (SSSR count). The highest BCUT2D eigenvalue weighted by Crippen LogP contribution is 2.16. The van der Waals surface area contributed by atoms with E-state index in [4.69, 9.17) is 5.73 Å². The largest absolute Gasteiger partial charge is 0.384 e. The van der Waals surface area contributed by atoms with E-state index in [1.165, 1.54) is 32.4 Å². The zero-order valence-corrected chi connectivity index (χ0v) is 11.2. The molecule has 0 aromatic carbocycles. The first kappa shape index (κ1) is 12.6. The summed E-state index contributed by atoms with van der Waals surface area (Å²) in [6.07, 6.45) is 4.08. The van der Waals surface area contributed by atoms with Gasteiger partial charge in [0.15, 0.2) is 5.16 Å². The molecule has 2 N–H and O–H groups in total. The van der Waals surface area contributed by atoms with Crippen LogP contribution in [0.3, 0.4) is 0 Å². The second kappa shape index (κ2) is 6.21. The number of nitrogens with zero attached hydrogens (tertiary/aromatic N) is 3. The van der Waals surface area contributed by atoms with Gasteiger partial charge < -0.3 is 10.6 Å². The molecule has 94 valence electrons.